The van der Waals surface area contributed by atoms with E-state index >= 15 is 0 Å². The van der Waals surface area contributed by atoms with Crippen molar-refractivity contribution in [2.45, 2.75) is 13.0 Å². The maximum Gasteiger partial charge on any atom is 0.232 e. The highest BCUT2D eigenvalue weighted by atomic mass is 16.7. The zero-order valence-corrected chi connectivity index (χ0v) is 20.3. The van der Waals surface area contributed by atoms with Gasteiger partial charge in [0.25, 0.3) is 0 Å². The molecule has 0 radical (unpaired) electrons. The molecule has 3 aromatic carbocycles. The molecule has 1 aromatic heterocycles. The molecule has 0 N–H and O–H groups in total. The fourth-order valence-corrected chi connectivity index (χ4v) is 5.38. The Hall–Kier alpha value is -4.04. The third-order valence-electron chi connectivity index (χ3n) is 7.21. The number of fused-ring (bicyclic) bond motifs is 3. The van der Waals surface area contributed by atoms with E-state index in [-0.39, 0.29) is 17.3 Å². The number of aromatic nitrogens is 3. The first-order valence-electron chi connectivity index (χ1n) is 12.4. The Balaban J connectivity index is 1.12. The van der Waals surface area contributed by atoms with Crippen molar-refractivity contribution < 1.29 is 19.4 Å². The highest BCUT2D eigenvalue weighted by Gasteiger charge is 2.41. The Morgan fingerprint density at radius 3 is 2.31 bits per heavy atom. The van der Waals surface area contributed by atoms with Crippen LogP contribution < -0.4 is 14.7 Å². The minimum Gasteiger partial charge on any atom is -0.368 e. The fraction of sp³-hybridized carbons (Fsp3) is 0.286. The van der Waals surface area contributed by atoms with Crippen LogP contribution in [0.3, 0.4) is 0 Å². The molecule has 2 heterocycles. The molecule has 4 aromatic rings. The molecule has 182 valence electrons. The van der Waals surface area contributed by atoms with E-state index in [1.165, 1.54) is 28.5 Å². The first-order valence-corrected chi connectivity index (χ1v) is 12.4. The number of nitrogens with zero attached hydrogens (tertiary/aromatic N) is 5. The van der Waals surface area contributed by atoms with Gasteiger partial charge in [-0.25, -0.2) is 4.84 Å². The van der Waals surface area contributed by atoms with E-state index in [0.717, 1.165) is 39.1 Å². The second-order valence-electron chi connectivity index (χ2n) is 9.24. The minimum absolute atomic E-state index is 0.157. The smallest absolute Gasteiger partial charge is 0.232 e. The molecule has 0 spiro atoms. The van der Waals surface area contributed by atoms with Crippen molar-refractivity contribution in [1.29, 1.82) is 0 Å². The fourth-order valence-electron chi connectivity index (χ4n) is 5.38. The minimum atomic E-state index is -0.241. The van der Waals surface area contributed by atoms with E-state index in [1.54, 1.807) is 28.9 Å². The number of piperazine rings is 1. The summed E-state index contributed by atoms with van der Waals surface area (Å²) in [6.07, 6.45) is 0.809. The van der Waals surface area contributed by atoms with Crippen LogP contribution in [0.1, 0.15) is 38.5 Å². The first kappa shape index (κ1) is 22.4. The van der Waals surface area contributed by atoms with Crippen molar-refractivity contribution in [3.05, 3.63) is 89.2 Å². The van der Waals surface area contributed by atoms with Gasteiger partial charge >= 0.3 is 0 Å². The maximum absolute atomic E-state index is 13.2. The number of hydrogen-bond donors (Lipinski definition) is 0. The van der Waals surface area contributed by atoms with Crippen LogP contribution in [-0.2, 0) is 6.54 Å². The third kappa shape index (κ3) is 3.74. The zero-order chi connectivity index (χ0) is 24.6. The molecule has 0 atom stereocenters. The van der Waals surface area contributed by atoms with Crippen molar-refractivity contribution >= 4 is 28.0 Å². The van der Waals surface area contributed by atoms with Gasteiger partial charge in [0, 0.05) is 54.9 Å². The van der Waals surface area contributed by atoms with Crippen LogP contribution in [0.15, 0.2) is 66.7 Å². The molecule has 6 rings (SSSR count). The Labute approximate surface area is 209 Å². The number of rotatable bonds is 6. The summed E-state index contributed by atoms with van der Waals surface area (Å²) in [5.74, 6) is -0.429. The van der Waals surface area contributed by atoms with Crippen LogP contribution in [0, 0.1) is 0 Å². The SMILES string of the molecule is CO[n+]1nc2c(n1CCCN1CCN(c3cccc4ccccc34)CC1)C(=O)c1ccccc1C2=O. The van der Waals surface area contributed by atoms with Gasteiger partial charge in [0.15, 0.2) is 12.8 Å². The monoisotopic (exact) mass is 482 g/mol. The number of hydrogen-bond acceptors (Lipinski definition) is 6. The van der Waals surface area contributed by atoms with Crippen molar-refractivity contribution in [1.82, 2.24) is 14.7 Å². The summed E-state index contributed by atoms with van der Waals surface area (Å²) in [5.41, 5.74) is 2.57. The highest BCUT2D eigenvalue weighted by Crippen LogP contribution is 2.28. The van der Waals surface area contributed by atoms with E-state index in [0.29, 0.717) is 23.4 Å². The number of benzene rings is 3. The van der Waals surface area contributed by atoms with Crippen molar-refractivity contribution in [2.24, 2.45) is 0 Å². The van der Waals surface area contributed by atoms with E-state index in [2.05, 4.69) is 57.4 Å². The molecule has 0 amide bonds. The topological polar surface area (TPSA) is 71.6 Å². The van der Waals surface area contributed by atoms with Gasteiger partial charge in [-0.15, -0.1) is 0 Å². The average Bonchev–Trinajstić information content (AvgIpc) is 3.31. The standard InChI is InChI=1S/C28H28N5O3/c1-36-33-29-25-26(28(35)23-12-5-4-11-22(23)27(25)34)32(33)15-7-14-30-16-18-31(19-17-30)24-13-6-9-20-8-2-3-10-21(20)24/h2-6,8-13H,7,14-19H2,1H3/q+1. The summed E-state index contributed by atoms with van der Waals surface area (Å²) in [6.45, 7) is 5.30. The number of carbonyl (C=O) groups excluding carboxylic acids is 2. The molecule has 1 saturated heterocycles. The van der Waals surface area contributed by atoms with E-state index in [9.17, 15) is 9.59 Å². The van der Waals surface area contributed by atoms with Gasteiger partial charge in [0.1, 0.15) is 0 Å². The van der Waals surface area contributed by atoms with Gasteiger partial charge < -0.3 is 4.90 Å². The van der Waals surface area contributed by atoms with E-state index in [1.807, 2.05) is 0 Å². The molecule has 0 saturated carbocycles. The Morgan fingerprint density at radius 1 is 0.833 bits per heavy atom. The predicted molar refractivity (Wildman–Crippen MR) is 135 cm³/mol. The van der Waals surface area contributed by atoms with Gasteiger partial charge in [0.05, 0.1) is 11.6 Å². The third-order valence-corrected chi connectivity index (χ3v) is 7.21. The van der Waals surface area contributed by atoms with Gasteiger partial charge in [-0.05, 0) is 17.9 Å². The lowest BCUT2D eigenvalue weighted by molar-refractivity contribution is -0.986. The molecule has 8 heteroatoms. The van der Waals surface area contributed by atoms with Crippen molar-refractivity contribution in [3.63, 3.8) is 0 Å². The molecule has 1 fully saturated rings. The van der Waals surface area contributed by atoms with E-state index in [4.69, 9.17) is 4.84 Å². The van der Waals surface area contributed by atoms with E-state index < -0.39 is 0 Å². The molecular weight excluding hydrogens is 454 g/mol. The normalized spacial score (nSPS) is 15.8. The number of ketones is 2. The van der Waals surface area contributed by atoms with Gasteiger partial charge in [-0.1, -0.05) is 65.3 Å². The van der Waals surface area contributed by atoms with Crippen LogP contribution in [-0.4, -0.2) is 66.1 Å². The summed E-state index contributed by atoms with van der Waals surface area (Å²) >= 11 is 0. The quantitative estimate of drug-likeness (QED) is 0.346. The van der Waals surface area contributed by atoms with Crippen molar-refractivity contribution in [2.75, 3.05) is 44.7 Å². The molecule has 1 aliphatic carbocycles. The van der Waals surface area contributed by atoms with Crippen LogP contribution in [0.5, 0.6) is 0 Å². The lowest BCUT2D eigenvalue weighted by Crippen LogP contribution is -2.52. The maximum atomic E-state index is 13.2. The predicted octanol–water partition coefficient (Wildman–Crippen LogP) is 2.37. The Bertz CT molecular complexity index is 1460. The average molecular weight is 483 g/mol. The lowest BCUT2D eigenvalue weighted by Gasteiger charge is -2.36. The largest absolute Gasteiger partial charge is 0.368 e. The van der Waals surface area contributed by atoms with Crippen LogP contribution >= 0.6 is 0 Å². The van der Waals surface area contributed by atoms with Crippen LogP contribution in [0.2, 0.25) is 0 Å². The molecule has 0 unspecified atom stereocenters. The summed E-state index contributed by atoms with van der Waals surface area (Å²) in [7, 11) is 1.49. The molecule has 8 nitrogen and oxygen atoms in total. The highest BCUT2D eigenvalue weighted by molar-refractivity contribution is 6.26. The van der Waals surface area contributed by atoms with Crippen LogP contribution in [0.4, 0.5) is 5.69 Å². The molecule has 1 aliphatic heterocycles. The summed E-state index contributed by atoms with van der Waals surface area (Å²) in [4.78, 5) is 37.8. The Morgan fingerprint density at radius 2 is 1.53 bits per heavy atom. The van der Waals surface area contributed by atoms with Gasteiger partial charge in [0.2, 0.25) is 22.2 Å². The lowest BCUT2D eigenvalue weighted by atomic mass is 9.90. The Kier molecular flexibility index (Phi) is 5.73. The molecule has 0 bridgehead atoms. The second kappa shape index (κ2) is 9.20. The summed E-state index contributed by atoms with van der Waals surface area (Å²) < 4.78 is 1.69. The van der Waals surface area contributed by atoms with Gasteiger partial charge in [-0.3, -0.25) is 14.5 Å². The van der Waals surface area contributed by atoms with Crippen LogP contribution in [0.25, 0.3) is 10.8 Å². The molecule has 2 aliphatic rings. The van der Waals surface area contributed by atoms with Crippen molar-refractivity contribution in [3.8, 4) is 0 Å². The zero-order valence-electron chi connectivity index (χ0n) is 20.3. The second-order valence-corrected chi connectivity index (χ2v) is 9.24. The summed E-state index contributed by atoms with van der Waals surface area (Å²) in [5, 5.41) is 6.86. The van der Waals surface area contributed by atoms with Gasteiger partial charge in [-0.2, -0.15) is 0 Å². The first-order chi connectivity index (χ1) is 17.7. The molecule has 36 heavy (non-hydrogen) atoms. The molecular formula is C28H28N5O3+. The number of carbonyl (C=O) groups is 2. The summed E-state index contributed by atoms with van der Waals surface area (Å²) in [6, 6.07) is 21.9. The number of anilines is 1.